The Morgan fingerprint density at radius 3 is 2.34 bits per heavy atom. The molecule has 0 amide bonds. The number of esters is 1. The Kier molecular flexibility index (Phi) is 6.81. The molecule has 0 aliphatic rings. The standard InChI is InChI=1S/C19H15F3N2O5/c1-10-14(20)13(17(24(27)28)16(22)15(10)21)18(25)12(19(26)29-2)9-23-8-11-6-4-3-5-7-11/h3-7,9,12H,8H2,1-2H3. The van der Waals surface area contributed by atoms with E-state index in [9.17, 15) is 32.9 Å². The molecule has 0 aliphatic heterocycles. The molecule has 0 saturated carbocycles. The number of hydrogen-bond donors (Lipinski definition) is 0. The van der Waals surface area contributed by atoms with Gasteiger partial charge in [0.2, 0.25) is 5.82 Å². The number of nitrogens with zero attached hydrogens (tertiary/aromatic N) is 2. The predicted octanol–water partition coefficient (Wildman–Crippen LogP) is 3.56. The Labute approximate surface area is 163 Å². The number of carbonyl (C=O) groups excluding carboxylic acids is 2. The second kappa shape index (κ2) is 9.09. The van der Waals surface area contributed by atoms with Crippen LogP contribution in [-0.2, 0) is 16.1 Å². The predicted molar refractivity (Wildman–Crippen MR) is 96.2 cm³/mol. The summed E-state index contributed by atoms with van der Waals surface area (Å²) in [7, 11) is 0.939. The van der Waals surface area contributed by atoms with Gasteiger partial charge in [-0.1, -0.05) is 30.3 Å². The number of nitro benzene ring substituents is 1. The quantitative estimate of drug-likeness (QED) is 0.133. The van der Waals surface area contributed by atoms with Gasteiger partial charge in [0.05, 0.1) is 18.6 Å². The Balaban J connectivity index is 2.52. The minimum absolute atomic E-state index is 0.0446. The van der Waals surface area contributed by atoms with Crippen LogP contribution in [-0.4, -0.2) is 30.0 Å². The highest BCUT2D eigenvalue weighted by molar-refractivity contribution is 6.20. The van der Waals surface area contributed by atoms with Gasteiger partial charge < -0.3 is 4.74 Å². The first kappa shape index (κ1) is 21.7. The summed E-state index contributed by atoms with van der Waals surface area (Å²) >= 11 is 0. The van der Waals surface area contributed by atoms with Crippen molar-refractivity contribution in [2.45, 2.75) is 13.5 Å². The van der Waals surface area contributed by atoms with E-state index in [1.54, 1.807) is 30.3 Å². The highest BCUT2D eigenvalue weighted by Gasteiger charge is 2.39. The molecule has 0 saturated heterocycles. The zero-order valence-corrected chi connectivity index (χ0v) is 15.3. The van der Waals surface area contributed by atoms with Crippen molar-refractivity contribution in [3.8, 4) is 0 Å². The van der Waals surface area contributed by atoms with Crippen LogP contribution in [0.5, 0.6) is 0 Å². The molecule has 0 bridgehead atoms. The minimum Gasteiger partial charge on any atom is -0.468 e. The highest BCUT2D eigenvalue weighted by atomic mass is 19.2. The van der Waals surface area contributed by atoms with E-state index in [1.165, 1.54) is 0 Å². The molecular weight excluding hydrogens is 393 g/mol. The van der Waals surface area contributed by atoms with E-state index in [4.69, 9.17) is 0 Å². The summed E-state index contributed by atoms with van der Waals surface area (Å²) in [6.45, 7) is 0.855. The van der Waals surface area contributed by atoms with Crippen LogP contribution in [0.1, 0.15) is 21.5 Å². The van der Waals surface area contributed by atoms with Gasteiger partial charge in [-0.2, -0.15) is 4.39 Å². The molecule has 0 fully saturated rings. The molecular formula is C19H15F3N2O5. The van der Waals surface area contributed by atoms with Crippen molar-refractivity contribution in [2.75, 3.05) is 7.11 Å². The van der Waals surface area contributed by atoms with Crippen molar-refractivity contribution >= 4 is 23.7 Å². The monoisotopic (exact) mass is 408 g/mol. The van der Waals surface area contributed by atoms with Gasteiger partial charge in [0.1, 0.15) is 11.4 Å². The summed E-state index contributed by atoms with van der Waals surface area (Å²) < 4.78 is 46.7. The average molecular weight is 408 g/mol. The zero-order chi connectivity index (χ0) is 21.7. The largest absolute Gasteiger partial charge is 0.468 e. The van der Waals surface area contributed by atoms with Gasteiger partial charge >= 0.3 is 11.7 Å². The first-order valence-corrected chi connectivity index (χ1v) is 8.18. The van der Waals surface area contributed by atoms with Gasteiger partial charge in [-0.3, -0.25) is 24.7 Å². The van der Waals surface area contributed by atoms with Crippen molar-refractivity contribution in [2.24, 2.45) is 10.9 Å². The molecule has 0 N–H and O–H groups in total. The SMILES string of the molecule is COC(=O)C(C=NCc1ccccc1)C(=O)c1c(F)c(C)c(F)c(F)c1[N+](=O)[O-]. The maximum absolute atomic E-state index is 14.5. The minimum atomic E-state index is -2.00. The third-order valence-corrected chi connectivity index (χ3v) is 4.05. The second-order valence-corrected chi connectivity index (χ2v) is 5.89. The molecule has 29 heavy (non-hydrogen) atoms. The number of carbonyl (C=O) groups is 2. The molecule has 1 atom stereocenters. The maximum atomic E-state index is 14.5. The second-order valence-electron chi connectivity index (χ2n) is 5.89. The molecule has 0 aromatic heterocycles. The summed E-state index contributed by atoms with van der Waals surface area (Å²) in [6.07, 6.45) is 0.834. The Morgan fingerprint density at radius 2 is 1.79 bits per heavy atom. The molecule has 1 unspecified atom stereocenters. The number of Topliss-reactive ketones (excluding diaryl/α,β-unsaturated/α-hetero) is 1. The van der Waals surface area contributed by atoms with Gasteiger partial charge in [-0.15, -0.1) is 0 Å². The van der Waals surface area contributed by atoms with Crippen LogP contribution in [0.25, 0.3) is 0 Å². The molecule has 2 aromatic rings. The summed E-state index contributed by atoms with van der Waals surface area (Å²) in [5.41, 5.74) is -3.25. The Morgan fingerprint density at radius 1 is 1.17 bits per heavy atom. The molecule has 2 aromatic carbocycles. The lowest BCUT2D eigenvalue weighted by Crippen LogP contribution is -2.29. The lowest BCUT2D eigenvalue weighted by molar-refractivity contribution is -0.388. The van der Waals surface area contributed by atoms with Crippen molar-refractivity contribution in [1.82, 2.24) is 0 Å². The first-order valence-electron chi connectivity index (χ1n) is 8.18. The molecule has 0 heterocycles. The van der Waals surface area contributed by atoms with Crippen molar-refractivity contribution in [3.05, 3.63) is 74.6 Å². The number of aliphatic imine (C=N–C) groups is 1. The van der Waals surface area contributed by atoms with Crippen LogP contribution in [0, 0.1) is 40.4 Å². The Hall–Kier alpha value is -3.56. The number of ketones is 1. The third kappa shape index (κ3) is 4.48. The fourth-order valence-corrected chi connectivity index (χ4v) is 2.53. The first-order chi connectivity index (χ1) is 13.7. The summed E-state index contributed by atoms with van der Waals surface area (Å²) in [4.78, 5) is 38.4. The van der Waals surface area contributed by atoms with Gasteiger partial charge in [-0.25, -0.2) is 8.78 Å². The van der Waals surface area contributed by atoms with Crippen molar-refractivity contribution < 1.29 is 32.4 Å². The zero-order valence-electron chi connectivity index (χ0n) is 15.3. The van der Waals surface area contributed by atoms with Crippen LogP contribution in [0.4, 0.5) is 18.9 Å². The summed E-state index contributed by atoms with van der Waals surface area (Å²) in [5, 5.41) is 11.2. The molecule has 152 valence electrons. The fraction of sp³-hybridized carbons (Fsp3) is 0.211. The average Bonchev–Trinajstić information content (AvgIpc) is 2.71. The van der Waals surface area contributed by atoms with E-state index in [2.05, 4.69) is 9.73 Å². The summed E-state index contributed by atoms with van der Waals surface area (Å²) in [6, 6.07) is 8.67. The van der Waals surface area contributed by atoms with Crippen LogP contribution >= 0.6 is 0 Å². The van der Waals surface area contributed by atoms with Crippen LogP contribution in [0.3, 0.4) is 0 Å². The van der Waals surface area contributed by atoms with E-state index >= 15 is 0 Å². The molecule has 0 spiro atoms. The lowest BCUT2D eigenvalue weighted by Gasteiger charge is -2.12. The summed E-state index contributed by atoms with van der Waals surface area (Å²) in [5.74, 6) is -9.98. The molecule has 0 aliphatic carbocycles. The van der Waals surface area contributed by atoms with E-state index in [0.717, 1.165) is 25.8 Å². The van der Waals surface area contributed by atoms with Crippen LogP contribution < -0.4 is 0 Å². The van der Waals surface area contributed by atoms with Crippen LogP contribution in [0.2, 0.25) is 0 Å². The van der Waals surface area contributed by atoms with Crippen molar-refractivity contribution in [3.63, 3.8) is 0 Å². The number of benzene rings is 2. The topological polar surface area (TPSA) is 98.9 Å². The number of rotatable bonds is 7. The normalized spacial score (nSPS) is 12.0. The number of hydrogen-bond acceptors (Lipinski definition) is 6. The number of halogens is 3. The molecule has 0 radical (unpaired) electrons. The van der Waals surface area contributed by atoms with Gasteiger partial charge in [0.25, 0.3) is 0 Å². The van der Waals surface area contributed by atoms with Crippen molar-refractivity contribution in [1.29, 1.82) is 0 Å². The third-order valence-electron chi connectivity index (χ3n) is 4.05. The maximum Gasteiger partial charge on any atom is 0.322 e. The van der Waals surface area contributed by atoms with E-state index < -0.39 is 56.9 Å². The fourth-order valence-electron chi connectivity index (χ4n) is 2.53. The highest BCUT2D eigenvalue weighted by Crippen LogP contribution is 2.32. The smallest absolute Gasteiger partial charge is 0.322 e. The van der Waals surface area contributed by atoms with Gasteiger partial charge in [-0.05, 0) is 12.5 Å². The molecule has 7 nitrogen and oxygen atoms in total. The molecule has 2 rings (SSSR count). The number of nitro groups is 1. The van der Waals surface area contributed by atoms with Gasteiger partial charge in [0, 0.05) is 11.8 Å². The molecule has 10 heteroatoms. The Bertz CT molecular complexity index is 993. The lowest BCUT2D eigenvalue weighted by atomic mass is 9.94. The van der Waals surface area contributed by atoms with E-state index in [0.29, 0.717) is 0 Å². The van der Waals surface area contributed by atoms with Crippen LogP contribution in [0.15, 0.2) is 35.3 Å². The van der Waals surface area contributed by atoms with E-state index in [1.807, 2.05) is 0 Å². The van der Waals surface area contributed by atoms with E-state index in [-0.39, 0.29) is 6.54 Å². The van der Waals surface area contributed by atoms with Gasteiger partial charge in [0.15, 0.2) is 17.5 Å². The number of methoxy groups -OCH3 is 1. The number of ether oxygens (including phenoxy) is 1.